The Kier molecular flexibility index (Phi) is 6.19. The SMILES string of the molecule is Cc1ccc(S(=O)(=O)NCCC(=O)Nc2ccccc2N2CCOC2=O)cc1C. The Hall–Kier alpha value is -2.91. The van der Waals surface area contributed by atoms with Crippen molar-refractivity contribution in [2.45, 2.75) is 25.2 Å². The topological polar surface area (TPSA) is 105 Å². The summed E-state index contributed by atoms with van der Waals surface area (Å²) in [4.78, 5) is 25.7. The number of hydrogen-bond donors (Lipinski definition) is 2. The molecule has 29 heavy (non-hydrogen) atoms. The van der Waals surface area contributed by atoms with Gasteiger partial charge in [-0.3, -0.25) is 9.69 Å². The Morgan fingerprint density at radius 1 is 1.14 bits per heavy atom. The minimum atomic E-state index is -3.70. The lowest BCUT2D eigenvalue weighted by Crippen LogP contribution is -2.29. The smallest absolute Gasteiger partial charge is 0.414 e. The van der Waals surface area contributed by atoms with Crippen molar-refractivity contribution in [3.8, 4) is 0 Å². The molecule has 0 aliphatic carbocycles. The van der Waals surface area contributed by atoms with E-state index in [0.29, 0.717) is 24.5 Å². The zero-order chi connectivity index (χ0) is 21.0. The van der Waals surface area contributed by atoms with Crippen LogP contribution in [0.15, 0.2) is 47.4 Å². The van der Waals surface area contributed by atoms with Gasteiger partial charge in [0.1, 0.15) is 6.61 Å². The predicted molar refractivity (Wildman–Crippen MR) is 109 cm³/mol. The molecule has 0 saturated carbocycles. The number of para-hydroxylation sites is 2. The van der Waals surface area contributed by atoms with Crippen LogP contribution in [0, 0.1) is 13.8 Å². The van der Waals surface area contributed by atoms with E-state index >= 15 is 0 Å². The first-order valence-corrected chi connectivity index (χ1v) is 10.7. The van der Waals surface area contributed by atoms with E-state index < -0.39 is 16.1 Å². The van der Waals surface area contributed by atoms with E-state index in [1.165, 1.54) is 11.0 Å². The third-order valence-corrected chi connectivity index (χ3v) is 6.12. The van der Waals surface area contributed by atoms with Gasteiger partial charge in [0.2, 0.25) is 15.9 Å². The lowest BCUT2D eigenvalue weighted by atomic mass is 10.1. The summed E-state index contributed by atoms with van der Waals surface area (Å²) in [6, 6.07) is 11.8. The van der Waals surface area contributed by atoms with E-state index in [0.717, 1.165) is 11.1 Å². The van der Waals surface area contributed by atoms with E-state index in [2.05, 4.69) is 10.0 Å². The third-order valence-electron chi connectivity index (χ3n) is 4.66. The van der Waals surface area contributed by atoms with Crippen LogP contribution in [0.3, 0.4) is 0 Å². The molecule has 0 bridgehead atoms. The molecule has 0 aromatic heterocycles. The van der Waals surface area contributed by atoms with Crippen molar-refractivity contribution < 1.29 is 22.7 Å². The molecule has 0 spiro atoms. The molecule has 3 rings (SSSR count). The largest absolute Gasteiger partial charge is 0.447 e. The highest BCUT2D eigenvalue weighted by atomic mass is 32.2. The molecule has 2 aromatic carbocycles. The van der Waals surface area contributed by atoms with Crippen molar-refractivity contribution in [3.05, 3.63) is 53.6 Å². The van der Waals surface area contributed by atoms with Crippen molar-refractivity contribution in [1.82, 2.24) is 4.72 Å². The molecule has 0 unspecified atom stereocenters. The summed E-state index contributed by atoms with van der Waals surface area (Å²) in [5.74, 6) is -0.368. The van der Waals surface area contributed by atoms with Gasteiger partial charge >= 0.3 is 6.09 Å². The molecule has 1 fully saturated rings. The van der Waals surface area contributed by atoms with E-state index in [-0.39, 0.29) is 23.8 Å². The van der Waals surface area contributed by atoms with Crippen LogP contribution in [-0.2, 0) is 19.6 Å². The summed E-state index contributed by atoms with van der Waals surface area (Å²) in [7, 11) is -3.70. The predicted octanol–water partition coefficient (Wildman–Crippen LogP) is 2.57. The van der Waals surface area contributed by atoms with Crippen molar-refractivity contribution in [2.75, 3.05) is 29.9 Å². The zero-order valence-electron chi connectivity index (χ0n) is 16.3. The number of sulfonamides is 1. The summed E-state index contributed by atoms with van der Waals surface area (Å²) in [6.45, 7) is 4.40. The number of amides is 2. The number of nitrogens with one attached hydrogen (secondary N) is 2. The van der Waals surface area contributed by atoms with E-state index in [9.17, 15) is 18.0 Å². The third kappa shape index (κ3) is 4.93. The maximum Gasteiger partial charge on any atom is 0.414 e. The molecule has 9 heteroatoms. The molecule has 1 aliphatic rings. The zero-order valence-corrected chi connectivity index (χ0v) is 17.1. The molecule has 0 atom stereocenters. The lowest BCUT2D eigenvalue weighted by Gasteiger charge is -2.17. The first-order chi connectivity index (χ1) is 13.8. The van der Waals surface area contributed by atoms with Crippen LogP contribution in [0.1, 0.15) is 17.5 Å². The fraction of sp³-hybridized carbons (Fsp3) is 0.300. The number of ether oxygens (including phenoxy) is 1. The van der Waals surface area contributed by atoms with Crippen LogP contribution in [0.25, 0.3) is 0 Å². The Bertz CT molecular complexity index is 1040. The standard InChI is InChI=1S/C20H23N3O5S/c1-14-7-8-16(13-15(14)2)29(26,27)21-10-9-19(24)22-17-5-3-4-6-18(17)23-11-12-28-20(23)25/h3-8,13,21H,9-12H2,1-2H3,(H,22,24). The van der Waals surface area contributed by atoms with Gasteiger partial charge in [0.15, 0.2) is 0 Å². The second kappa shape index (κ2) is 8.62. The Balaban J connectivity index is 1.59. The van der Waals surface area contributed by atoms with Crippen LogP contribution < -0.4 is 14.9 Å². The molecule has 0 radical (unpaired) electrons. The highest BCUT2D eigenvalue weighted by Gasteiger charge is 2.26. The molecular weight excluding hydrogens is 394 g/mol. The molecule has 8 nitrogen and oxygen atoms in total. The molecule has 2 aromatic rings. The Morgan fingerprint density at radius 3 is 2.59 bits per heavy atom. The van der Waals surface area contributed by atoms with Gasteiger partial charge in [0, 0.05) is 13.0 Å². The molecular formula is C20H23N3O5S. The lowest BCUT2D eigenvalue weighted by molar-refractivity contribution is -0.116. The van der Waals surface area contributed by atoms with Gasteiger partial charge in [-0.15, -0.1) is 0 Å². The first-order valence-electron chi connectivity index (χ1n) is 9.18. The number of anilines is 2. The normalized spacial score (nSPS) is 14.0. The molecule has 1 saturated heterocycles. The Labute approximate surface area is 169 Å². The van der Waals surface area contributed by atoms with Crippen LogP contribution in [0.2, 0.25) is 0 Å². The van der Waals surface area contributed by atoms with Crippen molar-refractivity contribution in [2.24, 2.45) is 0 Å². The maximum atomic E-state index is 12.4. The minimum Gasteiger partial charge on any atom is -0.447 e. The monoisotopic (exact) mass is 417 g/mol. The number of rotatable bonds is 7. The number of carbonyl (C=O) groups is 2. The Morgan fingerprint density at radius 2 is 1.90 bits per heavy atom. The summed E-state index contributed by atoms with van der Waals surface area (Å²) in [5.41, 5.74) is 2.89. The van der Waals surface area contributed by atoms with Gasteiger partial charge < -0.3 is 10.1 Å². The van der Waals surface area contributed by atoms with Crippen LogP contribution in [0.4, 0.5) is 16.2 Å². The van der Waals surface area contributed by atoms with E-state index in [1.807, 2.05) is 13.8 Å². The highest BCUT2D eigenvalue weighted by Crippen LogP contribution is 2.28. The number of aryl methyl sites for hydroxylation is 2. The average molecular weight is 417 g/mol. The number of carbonyl (C=O) groups excluding carboxylic acids is 2. The number of nitrogens with zero attached hydrogens (tertiary/aromatic N) is 1. The van der Waals surface area contributed by atoms with Gasteiger partial charge in [-0.25, -0.2) is 17.9 Å². The van der Waals surface area contributed by atoms with Crippen LogP contribution >= 0.6 is 0 Å². The second-order valence-electron chi connectivity index (χ2n) is 6.73. The fourth-order valence-corrected chi connectivity index (χ4v) is 4.02. The van der Waals surface area contributed by atoms with Gasteiger partial charge in [-0.2, -0.15) is 0 Å². The molecule has 1 heterocycles. The summed E-state index contributed by atoms with van der Waals surface area (Å²) in [6.07, 6.45) is -0.518. The number of benzene rings is 2. The molecule has 2 amide bonds. The highest BCUT2D eigenvalue weighted by molar-refractivity contribution is 7.89. The van der Waals surface area contributed by atoms with Crippen molar-refractivity contribution in [3.63, 3.8) is 0 Å². The molecule has 2 N–H and O–H groups in total. The van der Waals surface area contributed by atoms with Crippen molar-refractivity contribution in [1.29, 1.82) is 0 Å². The van der Waals surface area contributed by atoms with Crippen molar-refractivity contribution >= 4 is 33.4 Å². The first kappa shape index (κ1) is 20.8. The second-order valence-corrected chi connectivity index (χ2v) is 8.49. The fourth-order valence-electron chi connectivity index (χ4n) is 2.90. The quantitative estimate of drug-likeness (QED) is 0.720. The number of hydrogen-bond acceptors (Lipinski definition) is 5. The van der Waals surface area contributed by atoms with Gasteiger partial charge in [0.05, 0.1) is 22.8 Å². The van der Waals surface area contributed by atoms with Crippen LogP contribution in [0.5, 0.6) is 0 Å². The summed E-state index contributed by atoms with van der Waals surface area (Å²) >= 11 is 0. The number of cyclic esters (lactones) is 1. The minimum absolute atomic E-state index is 0.0466. The molecule has 1 aliphatic heterocycles. The van der Waals surface area contributed by atoms with Gasteiger partial charge in [-0.1, -0.05) is 18.2 Å². The van der Waals surface area contributed by atoms with E-state index in [1.54, 1.807) is 36.4 Å². The summed E-state index contributed by atoms with van der Waals surface area (Å²) in [5, 5.41) is 2.73. The van der Waals surface area contributed by atoms with E-state index in [4.69, 9.17) is 4.74 Å². The van der Waals surface area contributed by atoms with Crippen LogP contribution in [-0.4, -0.2) is 40.1 Å². The van der Waals surface area contributed by atoms with Gasteiger partial charge in [0.25, 0.3) is 0 Å². The average Bonchev–Trinajstić information content (AvgIpc) is 3.10. The van der Waals surface area contributed by atoms with Gasteiger partial charge in [-0.05, 0) is 49.2 Å². The molecule has 154 valence electrons. The maximum absolute atomic E-state index is 12.4. The summed E-state index contributed by atoms with van der Waals surface area (Å²) < 4.78 is 32.2.